The molecule has 0 heterocycles. The van der Waals surface area contributed by atoms with Crippen LogP contribution >= 0.6 is 0 Å². The Morgan fingerprint density at radius 2 is 2.29 bits per heavy atom. The van der Waals surface area contributed by atoms with Crippen LogP contribution in [0.15, 0.2) is 23.8 Å². The van der Waals surface area contributed by atoms with Crippen molar-refractivity contribution in [2.45, 2.75) is 18.6 Å². The highest BCUT2D eigenvalue weighted by molar-refractivity contribution is 5.77. The summed E-state index contributed by atoms with van der Waals surface area (Å²) in [6.45, 7) is 0. The van der Waals surface area contributed by atoms with Crippen molar-refractivity contribution in [3.05, 3.63) is 33.9 Å². The number of methoxy groups -OCH3 is 1. The van der Waals surface area contributed by atoms with Crippen LogP contribution in [-0.4, -0.2) is 23.8 Å². The quantitative estimate of drug-likeness (QED) is 0.326. The van der Waals surface area contributed by atoms with E-state index in [0.717, 1.165) is 20.0 Å². The summed E-state index contributed by atoms with van der Waals surface area (Å²) in [6, 6.07) is 0. The second-order valence-corrected chi connectivity index (χ2v) is 4.21. The lowest BCUT2D eigenvalue weighted by Crippen LogP contribution is -2.48. The molecule has 0 aromatic carbocycles. The molecule has 0 spiro atoms. The van der Waals surface area contributed by atoms with E-state index in [-0.39, 0.29) is 11.5 Å². The van der Waals surface area contributed by atoms with Gasteiger partial charge in [0.15, 0.2) is 5.92 Å². The van der Waals surface area contributed by atoms with Crippen LogP contribution in [0, 0.1) is 22.0 Å². The third-order valence-corrected chi connectivity index (χ3v) is 3.13. The second-order valence-electron chi connectivity index (χ2n) is 4.21. The molecule has 2 aliphatic rings. The van der Waals surface area contributed by atoms with Gasteiger partial charge in [-0.15, -0.1) is 0 Å². The molecule has 2 rings (SSSR count). The number of carbonyl (C=O) groups is 1. The summed E-state index contributed by atoms with van der Waals surface area (Å²) in [5, 5.41) is 11.0. The van der Waals surface area contributed by atoms with E-state index < -0.39 is 22.6 Å². The van der Waals surface area contributed by atoms with Crippen molar-refractivity contribution in [2.24, 2.45) is 11.8 Å². The smallest absolute Gasteiger partial charge is 0.398 e. The van der Waals surface area contributed by atoms with Crippen molar-refractivity contribution >= 4 is 5.97 Å². The summed E-state index contributed by atoms with van der Waals surface area (Å²) >= 11 is 0. The van der Waals surface area contributed by atoms with Gasteiger partial charge in [-0.25, -0.2) is 0 Å². The Bertz CT molecular complexity index is 427. The third-order valence-electron chi connectivity index (χ3n) is 3.13. The van der Waals surface area contributed by atoms with Gasteiger partial charge in [-0.3, -0.25) is 14.9 Å². The number of halogens is 1. The summed E-state index contributed by atoms with van der Waals surface area (Å²) in [5.74, 6) is -5.40. The van der Waals surface area contributed by atoms with Gasteiger partial charge in [0.05, 0.1) is 12.0 Å². The monoisotopic (exact) mass is 241 g/mol. The summed E-state index contributed by atoms with van der Waals surface area (Å²) in [4.78, 5) is 21.4. The van der Waals surface area contributed by atoms with Gasteiger partial charge in [-0.05, 0) is 18.8 Å². The standard InChI is InChI=1S/C11H12FNO4/c1-17-10(14)9-4-2-3-8(7-5-6-7)11(9,12)13(15)16/h2-4,7,9H,5-6H2,1H3. The normalized spacial score (nSPS) is 31.9. The molecule has 1 fully saturated rings. The highest BCUT2D eigenvalue weighted by Crippen LogP contribution is 2.48. The topological polar surface area (TPSA) is 69.4 Å². The number of nitro groups is 1. The van der Waals surface area contributed by atoms with E-state index >= 15 is 0 Å². The Hall–Kier alpha value is -1.72. The number of esters is 1. The first-order valence-electron chi connectivity index (χ1n) is 5.32. The molecule has 0 saturated heterocycles. The van der Waals surface area contributed by atoms with E-state index in [1.165, 1.54) is 18.2 Å². The van der Waals surface area contributed by atoms with Gasteiger partial charge < -0.3 is 4.74 Å². The lowest BCUT2D eigenvalue weighted by Gasteiger charge is -2.26. The number of rotatable bonds is 3. The molecule has 6 heteroatoms. The molecule has 17 heavy (non-hydrogen) atoms. The van der Waals surface area contributed by atoms with Crippen LogP contribution in [0.1, 0.15) is 12.8 Å². The van der Waals surface area contributed by atoms with Gasteiger partial charge in [0.2, 0.25) is 0 Å². The molecular weight excluding hydrogens is 229 g/mol. The third kappa shape index (κ3) is 1.73. The fourth-order valence-corrected chi connectivity index (χ4v) is 2.09. The average Bonchev–Trinajstić information content (AvgIpc) is 3.12. The van der Waals surface area contributed by atoms with E-state index in [2.05, 4.69) is 4.74 Å². The Labute approximate surface area is 97.1 Å². The first kappa shape index (κ1) is 11.8. The van der Waals surface area contributed by atoms with Gasteiger partial charge in [0, 0.05) is 5.57 Å². The lowest BCUT2D eigenvalue weighted by molar-refractivity contribution is -0.599. The molecule has 5 nitrogen and oxygen atoms in total. The number of alkyl halides is 1. The number of ether oxygens (including phenoxy) is 1. The van der Waals surface area contributed by atoms with Crippen molar-refractivity contribution in [1.29, 1.82) is 0 Å². The number of hydrogen-bond donors (Lipinski definition) is 0. The predicted octanol–water partition coefficient (Wildman–Crippen LogP) is 1.62. The first-order valence-corrected chi connectivity index (χ1v) is 5.32. The summed E-state index contributed by atoms with van der Waals surface area (Å²) < 4.78 is 19.1. The average molecular weight is 241 g/mol. The Morgan fingerprint density at radius 1 is 1.65 bits per heavy atom. The summed E-state index contributed by atoms with van der Waals surface area (Å²) in [7, 11) is 1.09. The maximum atomic E-state index is 14.6. The van der Waals surface area contributed by atoms with Crippen molar-refractivity contribution in [2.75, 3.05) is 7.11 Å². The number of nitrogens with zero attached hydrogens (tertiary/aromatic N) is 1. The van der Waals surface area contributed by atoms with Gasteiger partial charge in [-0.2, -0.15) is 4.39 Å². The SMILES string of the molecule is COC(=O)C1C=CC=C(C2CC2)C1(F)[N+](=O)[O-]. The Balaban J connectivity index is 2.41. The molecule has 2 atom stereocenters. The fraction of sp³-hybridized carbons (Fsp3) is 0.545. The van der Waals surface area contributed by atoms with Crippen molar-refractivity contribution in [3.63, 3.8) is 0 Å². The van der Waals surface area contributed by atoms with Gasteiger partial charge in [0.1, 0.15) is 0 Å². The maximum absolute atomic E-state index is 14.6. The van der Waals surface area contributed by atoms with Gasteiger partial charge in [-0.1, -0.05) is 18.2 Å². The van der Waals surface area contributed by atoms with E-state index in [4.69, 9.17) is 0 Å². The highest BCUT2D eigenvalue weighted by Gasteiger charge is 2.61. The van der Waals surface area contributed by atoms with Crippen LogP contribution in [0.4, 0.5) is 4.39 Å². The minimum atomic E-state index is -2.86. The Kier molecular flexibility index (Phi) is 2.73. The summed E-state index contributed by atoms with van der Waals surface area (Å²) in [5.41, 5.74) is 0.0837. The molecule has 0 amide bonds. The van der Waals surface area contributed by atoms with Crippen molar-refractivity contribution in [1.82, 2.24) is 0 Å². The zero-order valence-electron chi connectivity index (χ0n) is 9.26. The van der Waals surface area contributed by atoms with E-state index in [1.807, 2.05) is 0 Å². The van der Waals surface area contributed by atoms with Crippen molar-refractivity contribution in [3.8, 4) is 0 Å². The van der Waals surface area contributed by atoms with Crippen LogP contribution < -0.4 is 0 Å². The van der Waals surface area contributed by atoms with Crippen LogP contribution in [0.3, 0.4) is 0 Å². The molecule has 0 aromatic heterocycles. The largest absolute Gasteiger partial charge is 0.468 e. The molecule has 0 radical (unpaired) electrons. The maximum Gasteiger partial charge on any atom is 0.398 e. The molecule has 92 valence electrons. The predicted molar refractivity (Wildman–Crippen MR) is 56.3 cm³/mol. The number of hydrogen-bond acceptors (Lipinski definition) is 4. The first-order chi connectivity index (χ1) is 8.01. The molecular formula is C11H12FNO4. The molecule has 0 N–H and O–H groups in total. The molecule has 0 aliphatic heterocycles. The number of allylic oxidation sites excluding steroid dienone is 2. The summed E-state index contributed by atoms with van der Waals surface area (Å²) in [6.07, 6.45) is 5.52. The van der Waals surface area contributed by atoms with Crippen LogP contribution in [0.25, 0.3) is 0 Å². The lowest BCUT2D eigenvalue weighted by atomic mass is 9.84. The molecule has 2 aliphatic carbocycles. The number of carbonyl (C=O) groups excluding carboxylic acids is 1. The minimum absolute atomic E-state index is 0.0837. The van der Waals surface area contributed by atoms with E-state index in [9.17, 15) is 19.3 Å². The van der Waals surface area contributed by atoms with Crippen molar-refractivity contribution < 1.29 is 18.8 Å². The second kappa shape index (κ2) is 3.94. The fourth-order valence-electron chi connectivity index (χ4n) is 2.09. The zero-order valence-corrected chi connectivity index (χ0v) is 9.26. The van der Waals surface area contributed by atoms with Crippen LogP contribution in [0.2, 0.25) is 0 Å². The molecule has 2 unspecified atom stereocenters. The molecule has 0 bridgehead atoms. The molecule has 0 aromatic rings. The van der Waals surface area contributed by atoms with E-state index in [0.29, 0.717) is 0 Å². The highest BCUT2D eigenvalue weighted by atomic mass is 19.1. The zero-order chi connectivity index (χ0) is 12.6. The van der Waals surface area contributed by atoms with Gasteiger partial charge in [0.25, 0.3) is 0 Å². The van der Waals surface area contributed by atoms with E-state index in [1.54, 1.807) is 0 Å². The Morgan fingerprint density at radius 3 is 2.76 bits per heavy atom. The molecule has 1 saturated carbocycles. The van der Waals surface area contributed by atoms with Gasteiger partial charge >= 0.3 is 11.8 Å². The van der Waals surface area contributed by atoms with Crippen LogP contribution in [-0.2, 0) is 9.53 Å². The van der Waals surface area contributed by atoms with Crippen LogP contribution in [0.5, 0.6) is 0 Å². The minimum Gasteiger partial charge on any atom is -0.468 e.